The summed E-state index contributed by atoms with van der Waals surface area (Å²) < 4.78 is 76.8. The molecule has 0 bridgehead atoms. The van der Waals surface area contributed by atoms with E-state index in [4.69, 9.17) is 4.74 Å². The first-order valence-electron chi connectivity index (χ1n) is 11.8. The van der Waals surface area contributed by atoms with Crippen molar-refractivity contribution in [3.63, 3.8) is 0 Å². The van der Waals surface area contributed by atoms with Crippen LogP contribution in [0.5, 0.6) is 5.75 Å². The van der Waals surface area contributed by atoms with E-state index in [1.807, 2.05) is 6.08 Å². The molecule has 1 atom stereocenters. The molecule has 0 radical (unpaired) electrons. The molecule has 1 aliphatic carbocycles. The van der Waals surface area contributed by atoms with Crippen LogP contribution >= 0.6 is 0 Å². The molecule has 6 heteroatoms. The Balaban J connectivity index is 1.41. The fraction of sp³-hybridized carbons (Fsp3) is 0.310. The lowest BCUT2D eigenvalue weighted by Gasteiger charge is -2.23. The summed E-state index contributed by atoms with van der Waals surface area (Å²) in [4.78, 5) is 0. The maximum atomic E-state index is 14.8. The van der Waals surface area contributed by atoms with Gasteiger partial charge in [-0.25, -0.2) is 17.6 Å². The predicted molar refractivity (Wildman–Crippen MR) is 128 cm³/mol. The fourth-order valence-electron chi connectivity index (χ4n) is 4.59. The highest BCUT2D eigenvalue weighted by molar-refractivity contribution is 5.67. The van der Waals surface area contributed by atoms with Gasteiger partial charge in [0.15, 0.2) is 23.2 Å². The number of allylic oxidation sites excluding steroid dienone is 2. The molecule has 1 nitrogen and oxygen atoms in total. The zero-order chi connectivity index (χ0) is 25.1. The molecule has 3 aromatic carbocycles. The van der Waals surface area contributed by atoms with Crippen LogP contribution in [0.1, 0.15) is 49.3 Å². The highest BCUT2D eigenvalue weighted by Crippen LogP contribution is 2.35. The quantitative estimate of drug-likeness (QED) is 0.304. The zero-order valence-electron chi connectivity index (χ0n) is 19.7. The number of ether oxygens (including phenoxy) is 1. The van der Waals surface area contributed by atoms with E-state index in [0.717, 1.165) is 18.4 Å². The first kappa shape index (κ1) is 25.0. The van der Waals surface area contributed by atoms with Crippen molar-refractivity contribution in [1.82, 2.24) is 0 Å². The molecule has 0 saturated heterocycles. The number of halogens is 5. The molecule has 0 heterocycles. The molecule has 1 unspecified atom stereocenters. The Kier molecular flexibility index (Phi) is 7.58. The summed E-state index contributed by atoms with van der Waals surface area (Å²) >= 11 is 0. The summed E-state index contributed by atoms with van der Waals surface area (Å²) in [5, 5.41) is 0. The standard InChI is InChI=1S/C29H27F5O/c1-3-35-25-15-14-23(28(33)29(25)34)21-12-11-20(24(30)16-21)10-7-18-5-8-19(9-6-18)22-13-4-17(2)26(31)27(22)32/h4,8,11-16,18H,3,5-7,9-10H2,1-2H3. The van der Waals surface area contributed by atoms with Crippen molar-refractivity contribution >= 4 is 5.57 Å². The van der Waals surface area contributed by atoms with Crippen molar-refractivity contribution < 1.29 is 26.7 Å². The van der Waals surface area contributed by atoms with E-state index in [1.54, 1.807) is 31.2 Å². The molecule has 35 heavy (non-hydrogen) atoms. The Labute approximate surface area is 202 Å². The van der Waals surface area contributed by atoms with Gasteiger partial charge in [-0.1, -0.05) is 30.3 Å². The summed E-state index contributed by atoms with van der Waals surface area (Å²) in [7, 11) is 0. The van der Waals surface area contributed by atoms with Crippen LogP contribution in [-0.2, 0) is 6.42 Å². The maximum absolute atomic E-state index is 14.8. The first-order valence-corrected chi connectivity index (χ1v) is 11.8. The Hall–Kier alpha value is -3.15. The largest absolute Gasteiger partial charge is 0.491 e. The SMILES string of the molecule is CCOc1ccc(-c2ccc(CCC3CC=C(c4ccc(C)c(F)c4F)CC3)c(F)c2)c(F)c1F. The maximum Gasteiger partial charge on any atom is 0.201 e. The Morgan fingerprint density at radius 2 is 1.60 bits per heavy atom. The lowest BCUT2D eigenvalue weighted by Crippen LogP contribution is -2.08. The normalized spacial score (nSPS) is 15.7. The van der Waals surface area contributed by atoms with Crippen LogP contribution in [0.4, 0.5) is 22.0 Å². The van der Waals surface area contributed by atoms with Gasteiger partial charge in [-0.3, -0.25) is 0 Å². The number of aryl methyl sites for hydroxylation is 2. The number of rotatable bonds is 7. The summed E-state index contributed by atoms with van der Waals surface area (Å²) in [6.45, 7) is 3.41. The van der Waals surface area contributed by atoms with E-state index in [-0.39, 0.29) is 29.0 Å². The predicted octanol–water partition coefficient (Wildman–Crippen LogP) is 8.57. The van der Waals surface area contributed by atoms with Gasteiger partial charge >= 0.3 is 0 Å². The zero-order valence-corrected chi connectivity index (χ0v) is 19.7. The van der Waals surface area contributed by atoms with Gasteiger partial charge in [-0.15, -0.1) is 0 Å². The lowest BCUT2D eigenvalue weighted by atomic mass is 9.83. The van der Waals surface area contributed by atoms with Gasteiger partial charge in [0.05, 0.1) is 6.61 Å². The Bertz CT molecular complexity index is 1260. The minimum absolute atomic E-state index is 0.0267. The van der Waals surface area contributed by atoms with Crippen LogP contribution in [0.15, 0.2) is 48.5 Å². The van der Waals surface area contributed by atoms with E-state index >= 15 is 0 Å². The van der Waals surface area contributed by atoms with Gasteiger partial charge in [-0.2, -0.15) is 4.39 Å². The second-order valence-electron chi connectivity index (χ2n) is 8.94. The highest BCUT2D eigenvalue weighted by Gasteiger charge is 2.21. The number of benzene rings is 3. The van der Waals surface area contributed by atoms with E-state index < -0.39 is 29.1 Å². The Morgan fingerprint density at radius 1 is 0.857 bits per heavy atom. The Morgan fingerprint density at radius 3 is 2.29 bits per heavy atom. The fourth-order valence-corrected chi connectivity index (χ4v) is 4.59. The molecule has 0 spiro atoms. The van der Waals surface area contributed by atoms with Gasteiger partial charge in [0.1, 0.15) is 5.82 Å². The van der Waals surface area contributed by atoms with Crippen LogP contribution in [0.2, 0.25) is 0 Å². The average molecular weight is 487 g/mol. The van der Waals surface area contributed by atoms with E-state index in [2.05, 4.69) is 0 Å². The molecule has 0 fully saturated rings. The molecular formula is C29H27F5O. The molecule has 1 aliphatic rings. The highest BCUT2D eigenvalue weighted by atomic mass is 19.2. The molecule has 0 N–H and O–H groups in total. The lowest BCUT2D eigenvalue weighted by molar-refractivity contribution is 0.314. The van der Waals surface area contributed by atoms with Crippen molar-refractivity contribution in [2.75, 3.05) is 6.61 Å². The summed E-state index contributed by atoms with van der Waals surface area (Å²) in [6.07, 6.45) is 5.32. The smallest absolute Gasteiger partial charge is 0.201 e. The summed E-state index contributed by atoms with van der Waals surface area (Å²) in [5.74, 6) is -4.12. The van der Waals surface area contributed by atoms with Crippen LogP contribution in [-0.4, -0.2) is 6.61 Å². The molecule has 0 aliphatic heterocycles. The minimum Gasteiger partial charge on any atom is -0.491 e. The van der Waals surface area contributed by atoms with Crippen LogP contribution in [0.25, 0.3) is 16.7 Å². The third kappa shape index (κ3) is 5.26. The van der Waals surface area contributed by atoms with Gasteiger partial charge in [-0.05, 0) is 92.3 Å². The third-order valence-electron chi connectivity index (χ3n) is 6.67. The number of hydrogen-bond donors (Lipinski definition) is 0. The van der Waals surface area contributed by atoms with Crippen molar-refractivity contribution in [2.24, 2.45) is 5.92 Å². The van der Waals surface area contributed by atoms with Crippen LogP contribution < -0.4 is 4.74 Å². The molecule has 184 valence electrons. The van der Waals surface area contributed by atoms with Gasteiger partial charge in [0.25, 0.3) is 0 Å². The molecular weight excluding hydrogens is 459 g/mol. The molecule has 0 saturated carbocycles. The van der Waals surface area contributed by atoms with E-state index in [9.17, 15) is 22.0 Å². The van der Waals surface area contributed by atoms with Crippen molar-refractivity contribution in [3.8, 4) is 16.9 Å². The van der Waals surface area contributed by atoms with Crippen molar-refractivity contribution in [3.05, 3.63) is 94.3 Å². The van der Waals surface area contributed by atoms with Gasteiger partial charge < -0.3 is 4.74 Å². The monoisotopic (exact) mass is 486 g/mol. The number of hydrogen-bond acceptors (Lipinski definition) is 1. The first-order chi connectivity index (χ1) is 16.8. The molecule has 0 aromatic heterocycles. The van der Waals surface area contributed by atoms with Crippen LogP contribution in [0.3, 0.4) is 0 Å². The van der Waals surface area contributed by atoms with E-state index in [1.165, 1.54) is 25.1 Å². The van der Waals surface area contributed by atoms with Crippen molar-refractivity contribution in [2.45, 2.75) is 46.0 Å². The topological polar surface area (TPSA) is 9.23 Å². The molecule has 4 rings (SSSR count). The second-order valence-corrected chi connectivity index (χ2v) is 8.94. The van der Waals surface area contributed by atoms with E-state index in [0.29, 0.717) is 36.3 Å². The third-order valence-corrected chi connectivity index (χ3v) is 6.67. The van der Waals surface area contributed by atoms with Gasteiger partial charge in [0.2, 0.25) is 5.82 Å². The summed E-state index contributed by atoms with van der Waals surface area (Å²) in [5.41, 5.74) is 2.12. The van der Waals surface area contributed by atoms with Crippen LogP contribution in [0, 0.1) is 41.9 Å². The second kappa shape index (κ2) is 10.6. The average Bonchev–Trinajstić information content (AvgIpc) is 2.85. The molecule has 0 amide bonds. The minimum atomic E-state index is -1.09. The summed E-state index contributed by atoms with van der Waals surface area (Å²) in [6, 6.07) is 10.3. The van der Waals surface area contributed by atoms with Gasteiger partial charge in [0, 0.05) is 11.1 Å². The van der Waals surface area contributed by atoms with Crippen molar-refractivity contribution in [1.29, 1.82) is 0 Å². The molecule has 3 aromatic rings.